The fourth-order valence-electron chi connectivity index (χ4n) is 1.54. The Morgan fingerprint density at radius 1 is 1.39 bits per heavy atom. The van der Waals surface area contributed by atoms with Crippen LogP contribution in [-0.4, -0.2) is 18.0 Å². The van der Waals surface area contributed by atoms with Crippen molar-refractivity contribution in [2.75, 3.05) is 0 Å². The number of aryl methyl sites for hydroxylation is 1. The van der Waals surface area contributed by atoms with Gasteiger partial charge in [-0.3, -0.25) is 4.79 Å². The monoisotopic (exact) mass is 267 g/mol. The minimum absolute atomic E-state index is 0.139. The predicted molar refractivity (Wildman–Crippen MR) is 66.5 cm³/mol. The Morgan fingerprint density at radius 2 is 2.17 bits per heavy atom. The second-order valence-electron chi connectivity index (χ2n) is 3.81. The topological polar surface area (TPSA) is 84.0 Å². The fraction of sp³-hybridized carbons (Fsp3) is 0.182. The number of H-pyrrole nitrogens is 1. The third-order valence-electron chi connectivity index (χ3n) is 2.57. The van der Waals surface area contributed by atoms with Gasteiger partial charge in [0.2, 0.25) is 15.5 Å². The summed E-state index contributed by atoms with van der Waals surface area (Å²) in [5, 5.41) is 0. The maximum Gasteiger partial charge on any atom is 0.246 e. The zero-order valence-corrected chi connectivity index (χ0v) is 10.6. The van der Waals surface area contributed by atoms with Crippen LogP contribution in [0.15, 0.2) is 46.5 Å². The molecule has 0 bridgehead atoms. The lowest BCUT2D eigenvalue weighted by Crippen LogP contribution is -2.28. The van der Waals surface area contributed by atoms with Crippen molar-refractivity contribution in [1.82, 2.24) is 14.3 Å². The third-order valence-corrected chi connectivity index (χ3v) is 3.99. The first-order valence-electron chi connectivity index (χ1n) is 5.28. The highest BCUT2D eigenvalue weighted by Gasteiger charge is 2.17. The van der Waals surface area contributed by atoms with Crippen molar-refractivity contribution in [2.45, 2.75) is 11.4 Å². The molecular weight excluding hydrogens is 254 g/mol. The van der Waals surface area contributed by atoms with E-state index in [4.69, 9.17) is 0 Å². The lowest BCUT2D eigenvalue weighted by atomic mass is 10.4. The van der Waals surface area contributed by atoms with Gasteiger partial charge in [-0.2, -0.15) is 0 Å². The van der Waals surface area contributed by atoms with Gasteiger partial charge in [-0.05, 0) is 12.1 Å². The number of aromatic amines is 1. The molecule has 0 fully saturated rings. The summed E-state index contributed by atoms with van der Waals surface area (Å²) in [6, 6.07) is 4.80. The van der Waals surface area contributed by atoms with Crippen LogP contribution < -0.4 is 10.2 Å². The molecule has 0 unspecified atom stereocenters. The second-order valence-corrected chi connectivity index (χ2v) is 5.54. The molecule has 0 spiro atoms. The molecule has 0 aliphatic heterocycles. The SMILES string of the molecule is Cn1cccc1CNS(=O)(=O)c1c[nH]ccc1=O. The van der Waals surface area contributed by atoms with E-state index in [0.29, 0.717) is 0 Å². The molecule has 2 heterocycles. The van der Waals surface area contributed by atoms with Gasteiger partial charge in [0.05, 0.1) is 6.54 Å². The first-order valence-corrected chi connectivity index (χ1v) is 6.76. The third kappa shape index (κ3) is 2.52. The summed E-state index contributed by atoms with van der Waals surface area (Å²) < 4.78 is 28.0. The largest absolute Gasteiger partial charge is 0.366 e. The smallest absolute Gasteiger partial charge is 0.246 e. The minimum atomic E-state index is -3.79. The Kier molecular flexibility index (Phi) is 3.35. The molecule has 0 atom stereocenters. The molecule has 2 rings (SSSR count). The van der Waals surface area contributed by atoms with Crippen molar-refractivity contribution in [3.63, 3.8) is 0 Å². The lowest BCUT2D eigenvalue weighted by molar-refractivity contribution is 0.578. The van der Waals surface area contributed by atoms with Crippen LogP contribution in [0.25, 0.3) is 0 Å². The van der Waals surface area contributed by atoms with E-state index in [0.717, 1.165) is 5.69 Å². The first kappa shape index (κ1) is 12.6. The van der Waals surface area contributed by atoms with E-state index < -0.39 is 15.5 Å². The summed E-state index contributed by atoms with van der Waals surface area (Å²) in [5.41, 5.74) is 0.277. The van der Waals surface area contributed by atoms with E-state index in [1.165, 1.54) is 18.5 Å². The van der Waals surface area contributed by atoms with E-state index in [2.05, 4.69) is 9.71 Å². The molecule has 0 aliphatic rings. The number of nitrogens with zero attached hydrogens (tertiary/aromatic N) is 1. The summed E-state index contributed by atoms with van der Waals surface area (Å²) in [6.45, 7) is 0.139. The summed E-state index contributed by atoms with van der Waals surface area (Å²) in [5.74, 6) is 0. The van der Waals surface area contributed by atoms with Gasteiger partial charge in [-0.1, -0.05) is 0 Å². The maximum atomic E-state index is 11.9. The van der Waals surface area contributed by atoms with Crippen molar-refractivity contribution in [3.8, 4) is 0 Å². The molecule has 2 aromatic rings. The van der Waals surface area contributed by atoms with Crippen molar-refractivity contribution in [2.24, 2.45) is 7.05 Å². The summed E-state index contributed by atoms with van der Waals surface area (Å²) in [4.78, 5) is 13.8. The molecule has 6 nitrogen and oxygen atoms in total. The van der Waals surface area contributed by atoms with Gasteiger partial charge in [0.1, 0.15) is 4.90 Å². The number of aromatic nitrogens is 2. The van der Waals surface area contributed by atoms with E-state index in [1.54, 1.807) is 10.6 Å². The van der Waals surface area contributed by atoms with E-state index in [1.807, 2.05) is 19.3 Å². The zero-order chi connectivity index (χ0) is 13.2. The summed E-state index contributed by atoms with van der Waals surface area (Å²) in [7, 11) is -1.97. The molecule has 2 aromatic heterocycles. The average molecular weight is 267 g/mol. The molecule has 2 N–H and O–H groups in total. The highest BCUT2D eigenvalue weighted by Crippen LogP contribution is 2.04. The number of sulfonamides is 1. The number of rotatable bonds is 4. The van der Waals surface area contributed by atoms with Crippen molar-refractivity contribution >= 4 is 10.0 Å². The average Bonchev–Trinajstić information content (AvgIpc) is 2.73. The normalized spacial score (nSPS) is 11.6. The van der Waals surface area contributed by atoms with Gasteiger partial charge in [0.15, 0.2) is 0 Å². The molecular formula is C11H13N3O3S. The minimum Gasteiger partial charge on any atom is -0.366 e. The summed E-state index contributed by atoms with van der Waals surface area (Å²) >= 11 is 0. The molecule has 0 aromatic carbocycles. The highest BCUT2D eigenvalue weighted by atomic mass is 32.2. The zero-order valence-electron chi connectivity index (χ0n) is 9.75. The molecule has 7 heteroatoms. The number of pyridine rings is 1. The second kappa shape index (κ2) is 4.79. The van der Waals surface area contributed by atoms with E-state index in [-0.39, 0.29) is 11.4 Å². The number of hydrogen-bond acceptors (Lipinski definition) is 3. The fourth-order valence-corrected chi connectivity index (χ4v) is 2.59. The first-order chi connectivity index (χ1) is 8.50. The van der Waals surface area contributed by atoms with E-state index in [9.17, 15) is 13.2 Å². The van der Waals surface area contributed by atoms with Crippen LogP contribution in [0.3, 0.4) is 0 Å². The van der Waals surface area contributed by atoms with Crippen molar-refractivity contribution < 1.29 is 8.42 Å². The Morgan fingerprint density at radius 3 is 2.78 bits per heavy atom. The highest BCUT2D eigenvalue weighted by molar-refractivity contribution is 7.89. The Labute approximate surface area is 104 Å². The molecule has 0 amide bonds. The Bertz CT molecular complexity index is 700. The van der Waals surface area contributed by atoms with Crippen LogP contribution in [0.2, 0.25) is 0 Å². The van der Waals surface area contributed by atoms with Gasteiger partial charge in [-0.25, -0.2) is 13.1 Å². The molecule has 0 saturated heterocycles. The Hall–Kier alpha value is -1.86. The van der Waals surface area contributed by atoms with Gasteiger partial charge in [0, 0.05) is 37.4 Å². The summed E-state index contributed by atoms with van der Waals surface area (Å²) in [6.07, 6.45) is 4.38. The quantitative estimate of drug-likeness (QED) is 0.829. The molecule has 0 aliphatic carbocycles. The molecule has 96 valence electrons. The molecule has 0 radical (unpaired) electrons. The molecule has 18 heavy (non-hydrogen) atoms. The van der Waals surface area contributed by atoms with Gasteiger partial charge < -0.3 is 9.55 Å². The van der Waals surface area contributed by atoms with Crippen molar-refractivity contribution in [3.05, 3.63) is 52.7 Å². The van der Waals surface area contributed by atoms with Crippen LogP contribution in [0.1, 0.15) is 5.69 Å². The molecule has 0 saturated carbocycles. The lowest BCUT2D eigenvalue weighted by Gasteiger charge is -2.06. The van der Waals surface area contributed by atoms with Crippen LogP contribution in [0.4, 0.5) is 0 Å². The van der Waals surface area contributed by atoms with Crippen molar-refractivity contribution in [1.29, 1.82) is 0 Å². The van der Waals surface area contributed by atoms with Crippen LogP contribution >= 0.6 is 0 Å². The van der Waals surface area contributed by atoms with E-state index >= 15 is 0 Å². The predicted octanol–water partition coefficient (Wildman–Crippen LogP) is 0.192. The standard InChI is InChI=1S/C11H13N3O3S/c1-14-6-2-3-9(14)7-13-18(16,17)11-8-12-5-4-10(11)15/h2-6,8,13H,7H2,1H3,(H,12,15). The van der Waals surface area contributed by atoms with Crippen LogP contribution in [0.5, 0.6) is 0 Å². The van der Waals surface area contributed by atoms with Gasteiger partial charge >= 0.3 is 0 Å². The van der Waals surface area contributed by atoms with Gasteiger partial charge in [0.25, 0.3) is 0 Å². The maximum absolute atomic E-state index is 11.9. The Balaban J connectivity index is 2.21. The number of nitrogens with one attached hydrogen (secondary N) is 2. The van der Waals surface area contributed by atoms with Crippen LogP contribution in [-0.2, 0) is 23.6 Å². The van der Waals surface area contributed by atoms with Crippen LogP contribution in [0, 0.1) is 0 Å². The number of hydrogen-bond donors (Lipinski definition) is 2. The van der Waals surface area contributed by atoms with Gasteiger partial charge in [-0.15, -0.1) is 0 Å².